The van der Waals surface area contributed by atoms with Crippen LogP contribution >= 0.6 is 24.0 Å². The number of hydrogen-bond donors (Lipinski definition) is 1. The van der Waals surface area contributed by atoms with Crippen molar-refractivity contribution < 1.29 is 0 Å². The number of halogens is 2. The van der Waals surface area contributed by atoms with Crippen LogP contribution in [0.4, 0.5) is 0 Å². The molecule has 2 aromatic rings. The molecule has 0 amide bonds. The molecule has 0 unspecified atom stereocenters. The minimum atomic E-state index is 0. The molecular formula is C14H17Cl2N3. The lowest BCUT2D eigenvalue weighted by molar-refractivity contribution is 0.446. The molecule has 3 nitrogen and oxygen atoms in total. The molecule has 19 heavy (non-hydrogen) atoms. The zero-order valence-electron chi connectivity index (χ0n) is 10.6. The van der Waals surface area contributed by atoms with Crippen molar-refractivity contribution in [2.24, 2.45) is 0 Å². The van der Waals surface area contributed by atoms with E-state index in [1.165, 1.54) is 18.5 Å². The largest absolute Gasteiger partial charge is 0.317 e. The van der Waals surface area contributed by atoms with Crippen LogP contribution in [0.2, 0.25) is 5.02 Å². The van der Waals surface area contributed by atoms with E-state index >= 15 is 0 Å². The van der Waals surface area contributed by atoms with Gasteiger partial charge in [-0.2, -0.15) is 5.10 Å². The molecule has 2 heterocycles. The molecule has 1 aliphatic heterocycles. The van der Waals surface area contributed by atoms with Crippen LogP contribution < -0.4 is 5.32 Å². The molecule has 0 atom stereocenters. The van der Waals surface area contributed by atoms with E-state index in [1.807, 2.05) is 35.1 Å². The zero-order valence-corrected chi connectivity index (χ0v) is 12.1. The first-order valence-electron chi connectivity index (χ1n) is 6.35. The Labute approximate surface area is 124 Å². The fraction of sp³-hybridized carbons (Fsp3) is 0.357. The Hall–Kier alpha value is -1.03. The average Bonchev–Trinajstić information content (AvgIpc) is 2.90. The summed E-state index contributed by atoms with van der Waals surface area (Å²) in [6.45, 7) is 2.19. The number of rotatable bonds is 2. The van der Waals surface area contributed by atoms with Crippen LogP contribution in [0.1, 0.15) is 24.5 Å². The Bertz CT molecular complexity index is 516. The molecule has 0 saturated carbocycles. The van der Waals surface area contributed by atoms with Crippen LogP contribution in [0, 0.1) is 0 Å². The SMILES string of the molecule is Cl.Clc1ccc(-n2nccc2C2CCNCC2)cc1. The highest BCUT2D eigenvalue weighted by molar-refractivity contribution is 6.30. The Balaban J connectivity index is 0.00000133. The highest BCUT2D eigenvalue weighted by atomic mass is 35.5. The molecule has 0 radical (unpaired) electrons. The summed E-state index contributed by atoms with van der Waals surface area (Å²) >= 11 is 5.92. The molecule has 1 saturated heterocycles. The first kappa shape index (κ1) is 14.4. The van der Waals surface area contributed by atoms with Crippen molar-refractivity contribution in [2.75, 3.05) is 13.1 Å². The van der Waals surface area contributed by atoms with Gasteiger partial charge in [-0.25, -0.2) is 4.68 Å². The summed E-state index contributed by atoms with van der Waals surface area (Å²) in [5.74, 6) is 0.601. The Kier molecular flexibility index (Phi) is 4.86. The van der Waals surface area contributed by atoms with Gasteiger partial charge in [0.15, 0.2) is 0 Å². The quantitative estimate of drug-likeness (QED) is 0.920. The summed E-state index contributed by atoms with van der Waals surface area (Å²) < 4.78 is 2.03. The average molecular weight is 298 g/mol. The number of aromatic nitrogens is 2. The summed E-state index contributed by atoms with van der Waals surface area (Å²) in [5.41, 5.74) is 2.39. The van der Waals surface area contributed by atoms with Crippen LogP contribution in [0.15, 0.2) is 36.5 Å². The van der Waals surface area contributed by atoms with E-state index in [1.54, 1.807) is 0 Å². The zero-order chi connectivity index (χ0) is 12.4. The van der Waals surface area contributed by atoms with Gasteiger partial charge in [-0.05, 0) is 56.3 Å². The highest BCUT2D eigenvalue weighted by Gasteiger charge is 2.19. The summed E-state index contributed by atoms with van der Waals surface area (Å²) in [5, 5.41) is 8.60. The van der Waals surface area contributed by atoms with Gasteiger partial charge in [-0.1, -0.05) is 11.6 Å². The van der Waals surface area contributed by atoms with E-state index < -0.39 is 0 Å². The van der Waals surface area contributed by atoms with Crippen molar-refractivity contribution >= 4 is 24.0 Å². The van der Waals surface area contributed by atoms with Gasteiger partial charge in [-0.3, -0.25) is 0 Å². The maximum Gasteiger partial charge on any atom is 0.0649 e. The van der Waals surface area contributed by atoms with Crippen molar-refractivity contribution in [2.45, 2.75) is 18.8 Å². The third-order valence-electron chi connectivity index (χ3n) is 3.50. The van der Waals surface area contributed by atoms with Crippen molar-refractivity contribution in [3.05, 3.63) is 47.2 Å². The predicted molar refractivity (Wildman–Crippen MR) is 80.7 cm³/mol. The van der Waals surface area contributed by atoms with E-state index in [4.69, 9.17) is 11.6 Å². The maximum absolute atomic E-state index is 5.92. The second kappa shape index (κ2) is 6.42. The minimum absolute atomic E-state index is 0. The number of benzene rings is 1. The fourth-order valence-corrected chi connectivity index (χ4v) is 2.66. The molecule has 1 aromatic heterocycles. The Morgan fingerprint density at radius 2 is 1.79 bits per heavy atom. The molecule has 5 heteroatoms. The molecular weight excluding hydrogens is 281 g/mol. The van der Waals surface area contributed by atoms with Crippen LogP contribution in [0.25, 0.3) is 5.69 Å². The normalized spacial score (nSPS) is 16.1. The van der Waals surface area contributed by atoms with Gasteiger partial charge in [0.2, 0.25) is 0 Å². The standard InChI is InChI=1S/C14H16ClN3.ClH/c15-12-1-3-13(4-2-12)18-14(7-10-17-18)11-5-8-16-9-6-11;/h1-4,7,10-11,16H,5-6,8-9H2;1H. The van der Waals surface area contributed by atoms with Crippen LogP contribution in [-0.4, -0.2) is 22.9 Å². The van der Waals surface area contributed by atoms with Gasteiger partial charge >= 0.3 is 0 Å². The molecule has 0 bridgehead atoms. The lowest BCUT2D eigenvalue weighted by Gasteiger charge is -2.23. The molecule has 1 aromatic carbocycles. The number of nitrogens with zero attached hydrogens (tertiary/aromatic N) is 2. The van der Waals surface area contributed by atoms with Crippen LogP contribution in [0.3, 0.4) is 0 Å². The van der Waals surface area contributed by atoms with Crippen molar-refractivity contribution in [1.29, 1.82) is 0 Å². The molecule has 102 valence electrons. The van der Waals surface area contributed by atoms with Crippen molar-refractivity contribution in [3.63, 3.8) is 0 Å². The monoisotopic (exact) mass is 297 g/mol. The van der Waals surface area contributed by atoms with Crippen molar-refractivity contribution in [3.8, 4) is 5.69 Å². The molecule has 1 aliphatic rings. The maximum atomic E-state index is 5.92. The third kappa shape index (κ3) is 3.11. The van der Waals surface area contributed by atoms with Gasteiger partial charge in [-0.15, -0.1) is 12.4 Å². The van der Waals surface area contributed by atoms with Gasteiger partial charge in [0, 0.05) is 22.8 Å². The van der Waals surface area contributed by atoms with E-state index in [2.05, 4.69) is 16.5 Å². The van der Waals surface area contributed by atoms with Crippen LogP contribution in [-0.2, 0) is 0 Å². The lowest BCUT2D eigenvalue weighted by Crippen LogP contribution is -2.27. The van der Waals surface area contributed by atoms with E-state index in [9.17, 15) is 0 Å². The predicted octanol–water partition coefficient (Wildman–Crippen LogP) is 3.41. The Morgan fingerprint density at radius 1 is 1.11 bits per heavy atom. The molecule has 0 spiro atoms. The number of hydrogen-bond acceptors (Lipinski definition) is 2. The second-order valence-electron chi connectivity index (χ2n) is 4.67. The van der Waals surface area contributed by atoms with Gasteiger partial charge in [0.1, 0.15) is 0 Å². The first-order valence-corrected chi connectivity index (χ1v) is 6.73. The van der Waals surface area contributed by atoms with Gasteiger partial charge in [0.05, 0.1) is 5.69 Å². The topological polar surface area (TPSA) is 29.9 Å². The molecule has 3 rings (SSSR count). The summed E-state index contributed by atoms with van der Waals surface area (Å²) in [7, 11) is 0. The highest BCUT2D eigenvalue weighted by Crippen LogP contribution is 2.27. The molecule has 0 aliphatic carbocycles. The molecule has 1 fully saturated rings. The van der Waals surface area contributed by atoms with Gasteiger partial charge in [0.25, 0.3) is 0 Å². The lowest BCUT2D eigenvalue weighted by atomic mass is 9.94. The Morgan fingerprint density at radius 3 is 2.47 bits per heavy atom. The van der Waals surface area contributed by atoms with E-state index in [-0.39, 0.29) is 12.4 Å². The molecule has 1 N–H and O–H groups in total. The fourth-order valence-electron chi connectivity index (χ4n) is 2.54. The second-order valence-corrected chi connectivity index (χ2v) is 5.11. The number of piperidine rings is 1. The first-order chi connectivity index (χ1) is 8.84. The van der Waals surface area contributed by atoms with Gasteiger partial charge < -0.3 is 5.32 Å². The third-order valence-corrected chi connectivity index (χ3v) is 3.75. The summed E-state index contributed by atoms with van der Waals surface area (Å²) in [6.07, 6.45) is 4.24. The van der Waals surface area contributed by atoms with Crippen molar-refractivity contribution in [1.82, 2.24) is 15.1 Å². The van der Waals surface area contributed by atoms with E-state index in [0.29, 0.717) is 5.92 Å². The summed E-state index contributed by atoms with van der Waals surface area (Å²) in [6, 6.07) is 9.97. The van der Waals surface area contributed by atoms with E-state index in [0.717, 1.165) is 23.8 Å². The smallest absolute Gasteiger partial charge is 0.0649 e. The number of nitrogens with one attached hydrogen (secondary N) is 1. The minimum Gasteiger partial charge on any atom is -0.317 e. The summed E-state index contributed by atoms with van der Waals surface area (Å²) in [4.78, 5) is 0. The van der Waals surface area contributed by atoms with Crippen LogP contribution in [0.5, 0.6) is 0 Å².